The maximum Gasteiger partial charge on any atom is 0.182 e. The highest BCUT2D eigenvalue weighted by Crippen LogP contribution is 2.21. The zero-order valence-electron chi connectivity index (χ0n) is 8.52. The van der Waals surface area contributed by atoms with Gasteiger partial charge in [-0.25, -0.2) is 8.42 Å². The summed E-state index contributed by atoms with van der Waals surface area (Å²) in [6.07, 6.45) is 0.685. The second-order valence-electron chi connectivity index (χ2n) is 3.61. The first kappa shape index (κ1) is 13.8. The van der Waals surface area contributed by atoms with Crippen molar-refractivity contribution in [1.29, 1.82) is 0 Å². The van der Waals surface area contributed by atoms with Crippen LogP contribution >= 0.6 is 24.0 Å². The molecule has 2 rings (SSSR count). The fourth-order valence-electron chi connectivity index (χ4n) is 1.71. The number of hydrogen-bond donors (Lipinski definition) is 1. The molecule has 6 heteroatoms. The molecule has 1 atom stereocenters. The zero-order valence-corrected chi connectivity index (χ0v) is 10.9. The van der Waals surface area contributed by atoms with E-state index >= 15 is 0 Å². The van der Waals surface area contributed by atoms with E-state index in [1.807, 2.05) is 0 Å². The quantitative estimate of drug-likeness (QED) is 0.901. The van der Waals surface area contributed by atoms with Gasteiger partial charge < -0.3 is 5.32 Å². The van der Waals surface area contributed by atoms with Gasteiger partial charge in [-0.2, -0.15) is 0 Å². The lowest BCUT2D eigenvalue weighted by Crippen LogP contribution is -2.23. The smallest absolute Gasteiger partial charge is 0.182 e. The first-order chi connectivity index (χ1) is 7.10. The van der Waals surface area contributed by atoms with Gasteiger partial charge >= 0.3 is 0 Å². The molecule has 0 spiro atoms. The van der Waals surface area contributed by atoms with Crippen LogP contribution in [0.1, 0.15) is 6.42 Å². The van der Waals surface area contributed by atoms with Gasteiger partial charge in [-0.1, -0.05) is 11.6 Å². The lowest BCUT2D eigenvalue weighted by Gasteiger charge is -2.10. The van der Waals surface area contributed by atoms with Crippen molar-refractivity contribution < 1.29 is 8.42 Å². The summed E-state index contributed by atoms with van der Waals surface area (Å²) >= 11 is 5.71. The topological polar surface area (TPSA) is 46.2 Å². The van der Waals surface area contributed by atoms with Gasteiger partial charge in [-0.15, -0.1) is 12.4 Å². The SMILES string of the molecule is Cl.O=S(=O)(c1ccc(Cl)cc1)[C@H]1CCNC1. The molecule has 0 aliphatic carbocycles. The lowest BCUT2D eigenvalue weighted by molar-refractivity contribution is 0.583. The average molecular weight is 282 g/mol. The van der Waals surface area contributed by atoms with Crippen LogP contribution in [0, 0.1) is 0 Å². The molecule has 1 aromatic carbocycles. The molecule has 0 radical (unpaired) electrons. The summed E-state index contributed by atoms with van der Waals surface area (Å²) < 4.78 is 24.1. The van der Waals surface area contributed by atoms with E-state index in [0.717, 1.165) is 6.54 Å². The number of benzene rings is 1. The van der Waals surface area contributed by atoms with E-state index in [2.05, 4.69) is 5.32 Å². The molecule has 0 saturated carbocycles. The molecule has 16 heavy (non-hydrogen) atoms. The molecule has 1 heterocycles. The molecule has 1 aliphatic rings. The Labute approximate surface area is 107 Å². The number of nitrogens with one attached hydrogen (secondary N) is 1. The van der Waals surface area contributed by atoms with Gasteiger partial charge in [-0.3, -0.25) is 0 Å². The second kappa shape index (κ2) is 5.36. The van der Waals surface area contributed by atoms with Gasteiger partial charge in [0.05, 0.1) is 10.1 Å². The van der Waals surface area contributed by atoms with Crippen molar-refractivity contribution >= 4 is 33.8 Å². The Hall–Kier alpha value is -0.290. The van der Waals surface area contributed by atoms with Crippen LogP contribution in [0.5, 0.6) is 0 Å². The Bertz CT molecular complexity index is 438. The fraction of sp³-hybridized carbons (Fsp3) is 0.400. The van der Waals surface area contributed by atoms with Gasteiger partial charge in [0.2, 0.25) is 0 Å². The van der Waals surface area contributed by atoms with Crippen molar-refractivity contribution in [1.82, 2.24) is 5.32 Å². The normalized spacial score (nSPS) is 20.4. The van der Waals surface area contributed by atoms with E-state index in [4.69, 9.17) is 11.6 Å². The van der Waals surface area contributed by atoms with E-state index in [9.17, 15) is 8.42 Å². The summed E-state index contributed by atoms with van der Waals surface area (Å²) in [7, 11) is -3.18. The van der Waals surface area contributed by atoms with Crippen LogP contribution in [0.15, 0.2) is 29.2 Å². The maximum absolute atomic E-state index is 12.1. The largest absolute Gasteiger partial charge is 0.315 e. The summed E-state index contributed by atoms with van der Waals surface area (Å²) in [5, 5.41) is 3.32. The Morgan fingerprint density at radius 1 is 1.25 bits per heavy atom. The fourth-order valence-corrected chi connectivity index (χ4v) is 3.50. The Kier molecular flexibility index (Phi) is 4.62. The van der Waals surface area contributed by atoms with Crippen molar-refractivity contribution in [2.24, 2.45) is 0 Å². The van der Waals surface area contributed by atoms with Crippen LogP contribution in [0.3, 0.4) is 0 Å². The molecule has 1 N–H and O–H groups in total. The van der Waals surface area contributed by atoms with Gasteiger partial charge in [0.25, 0.3) is 0 Å². The molecule has 1 fully saturated rings. The monoisotopic (exact) mass is 281 g/mol. The lowest BCUT2D eigenvalue weighted by atomic mass is 10.4. The zero-order chi connectivity index (χ0) is 10.9. The molecule has 0 amide bonds. The van der Waals surface area contributed by atoms with Gasteiger partial charge in [0.15, 0.2) is 9.84 Å². The summed E-state index contributed by atoms with van der Waals surface area (Å²) in [6, 6.07) is 6.35. The summed E-state index contributed by atoms with van der Waals surface area (Å²) in [4.78, 5) is 0.362. The van der Waals surface area contributed by atoms with E-state index in [1.165, 1.54) is 0 Å². The number of halogens is 2. The minimum absolute atomic E-state index is 0. The minimum Gasteiger partial charge on any atom is -0.315 e. The predicted octanol–water partition coefficient (Wildman–Crippen LogP) is 1.90. The molecule has 1 saturated heterocycles. The highest BCUT2D eigenvalue weighted by Gasteiger charge is 2.29. The van der Waals surface area contributed by atoms with Crippen LogP contribution in [0.2, 0.25) is 5.02 Å². The van der Waals surface area contributed by atoms with Crippen molar-refractivity contribution in [3.05, 3.63) is 29.3 Å². The molecule has 90 valence electrons. The minimum atomic E-state index is -3.18. The van der Waals surface area contributed by atoms with Crippen molar-refractivity contribution in [2.75, 3.05) is 13.1 Å². The predicted molar refractivity (Wildman–Crippen MR) is 67.2 cm³/mol. The van der Waals surface area contributed by atoms with Crippen LogP contribution in [0.4, 0.5) is 0 Å². The van der Waals surface area contributed by atoms with Gasteiger partial charge in [-0.05, 0) is 37.2 Å². The standard InChI is InChI=1S/C10H12ClNO2S.ClH/c11-8-1-3-9(4-2-8)15(13,14)10-5-6-12-7-10;/h1-4,10,12H,5-7H2;1H/t10-;/m0./s1. The van der Waals surface area contributed by atoms with Crippen LogP contribution in [-0.4, -0.2) is 26.8 Å². The van der Waals surface area contributed by atoms with E-state index in [-0.39, 0.29) is 17.7 Å². The summed E-state index contributed by atoms with van der Waals surface area (Å²) in [6.45, 7) is 1.32. The van der Waals surface area contributed by atoms with Crippen molar-refractivity contribution in [3.8, 4) is 0 Å². The molecule has 1 aromatic rings. The molecule has 1 aliphatic heterocycles. The van der Waals surface area contributed by atoms with Gasteiger partial charge in [0.1, 0.15) is 0 Å². The summed E-state index contributed by atoms with van der Waals surface area (Å²) in [5.74, 6) is 0. The molecule has 0 aromatic heterocycles. The molecule has 0 bridgehead atoms. The Morgan fingerprint density at radius 2 is 1.88 bits per heavy atom. The molecule has 3 nitrogen and oxygen atoms in total. The van der Waals surface area contributed by atoms with Crippen LogP contribution < -0.4 is 5.32 Å². The van der Waals surface area contributed by atoms with Crippen LogP contribution in [0.25, 0.3) is 0 Å². The number of rotatable bonds is 2. The van der Waals surface area contributed by atoms with Crippen LogP contribution in [-0.2, 0) is 9.84 Å². The average Bonchev–Trinajstić information content (AvgIpc) is 2.71. The first-order valence-electron chi connectivity index (χ1n) is 4.81. The molecular weight excluding hydrogens is 269 g/mol. The first-order valence-corrected chi connectivity index (χ1v) is 6.73. The highest BCUT2D eigenvalue weighted by atomic mass is 35.5. The summed E-state index contributed by atoms with van der Waals surface area (Å²) in [5.41, 5.74) is 0. The number of hydrogen-bond acceptors (Lipinski definition) is 3. The third-order valence-electron chi connectivity index (χ3n) is 2.60. The van der Waals surface area contributed by atoms with Crippen molar-refractivity contribution in [2.45, 2.75) is 16.6 Å². The third kappa shape index (κ3) is 2.69. The third-order valence-corrected chi connectivity index (χ3v) is 5.06. The number of sulfone groups is 1. The van der Waals surface area contributed by atoms with E-state index in [1.54, 1.807) is 24.3 Å². The van der Waals surface area contributed by atoms with E-state index in [0.29, 0.717) is 22.9 Å². The second-order valence-corrected chi connectivity index (χ2v) is 6.28. The van der Waals surface area contributed by atoms with Crippen molar-refractivity contribution in [3.63, 3.8) is 0 Å². The molecule has 0 unspecified atom stereocenters. The Balaban J connectivity index is 0.00000128. The highest BCUT2D eigenvalue weighted by molar-refractivity contribution is 7.92. The van der Waals surface area contributed by atoms with Gasteiger partial charge in [0, 0.05) is 11.6 Å². The van der Waals surface area contributed by atoms with E-state index < -0.39 is 9.84 Å². The maximum atomic E-state index is 12.1. The molecular formula is C10H13Cl2NO2S. The Morgan fingerprint density at radius 3 is 2.38 bits per heavy atom.